The molecule has 2 heteroatoms. The zero-order valence-corrected chi connectivity index (χ0v) is 3.44. The van der Waals surface area contributed by atoms with Gasteiger partial charge in [-0.1, -0.05) is 0 Å². The van der Waals surface area contributed by atoms with Crippen molar-refractivity contribution in [2.24, 2.45) is 0 Å². The molecule has 0 aromatic rings. The van der Waals surface area contributed by atoms with Crippen LogP contribution in [0.2, 0.25) is 0 Å². The molecule has 0 aliphatic heterocycles. The van der Waals surface area contributed by atoms with Gasteiger partial charge in [0.1, 0.15) is 0 Å². The lowest BCUT2D eigenvalue weighted by Gasteiger charge is -1.47. The molecule has 0 bridgehead atoms. The van der Waals surface area contributed by atoms with Gasteiger partial charge in [0.2, 0.25) is 0 Å². The highest BCUT2D eigenvalue weighted by atomic mass is 32.1. The zero-order chi connectivity index (χ0) is 4.12. The van der Waals surface area contributed by atoms with Crippen LogP contribution in [0.25, 0.3) is 0 Å². The summed E-state index contributed by atoms with van der Waals surface area (Å²) in [5.74, 6) is 0. The Kier molecular flexibility index (Phi) is 3.28. The molecule has 0 radical (unpaired) electrons. The Hall–Kier alpha value is -0.420. The molecule has 0 amide bonds. The van der Waals surface area contributed by atoms with E-state index in [-0.39, 0.29) is 0 Å². The summed E-state index contributed by atoms with van der Waals surface area (Å²) in [6.07, 6.45) is 1.29. The third-order valence-corrected chi connectivity index (χ3v) is 0.298. The minimum Gasteiger partial charge on any atom is -0.193 e. The fourth-order valence-corrected chi connectivity index (χ4v) is 0.100. The van der Waals surface area contributed by atoms with E-state index in [0.717, 1.165) is 0 Å². The van der Waals surface area contributed by atoms with Crippen LogP contribution in [-0.2, 0) is 0 Å². The lowest BCUT2D eigenvalue weighted by molar-refractivity contribution is 1.54. The van der Waals surface area contributed by atoms with Gasteiger partial charge in [0, 0.05) is 6.08 Å². The molecule has 0 spiro atoms. The molecule has 0 N–H and O–H groups in total. The monoisotopic (exact) mass is 85.0 g/mol. The van der Waals surface area contributed by atoms with Crippen molar-refractivity contribution >= 4 is 12.6 Å². The van der Waals surface area contributed by atoms with Crippen LogP contribution in [0.3, 0.4) is 0 Å². The predicted octanol–water partition coefficient (Wildman–Crippen LogP) is 0.953. The molecule has 0 aliphatic carbocycles. The van der Waals surface area contributed by atoms with E-state index in [4.69, 9.17) is 5.26 Å². The summed E-state index contributed by atoms with van der Waals surface area (Å²) < 4.78 is 0. The van der Waals surface area contributed by atoms with Crippen molar-refractivity contribution in [3.05, 3.63) is 11.5 Å². The highest BCUT2D eigenvalue weighted by Crippen LogP contribution is 1.69. The quantitative estimate of drug-likeness (QED) is 0.343. The maximum atomic E-state index is 7.68. The van der Waals surface area contributed by atoms with E-state index in [9.17, 15) is 0 Å². The topological polar surface area (TPSA) is 23.8 Å². The molecular formula is C3H3NS. The number of hydrogen-bond donors (Lipinski definition) is 1. The van der Waals surface area contributed by atoms with Crippen molar-refractivity contribution in [1.82, 2.24) is 0 Å². The Morgan fingerprint density at radius 2 is 2.40 bits per heavy atom. The maximum Gasteiger partial charge on any atom is 0.0917 e. The Morgan fingerprint density at radius 1 is 1.80 bits per heavy atom. The van der Waals surface area contributed by atoms with Crippen LogP contribution in [0.15, 0.2) is 11.5 Å². The maximum absolute atomic E-state index is 7.68. The summed E-state index contributed by atoms with van der Waals surface area (Å²) >= 11 is 3.60. The molecule has 1 nitrogen and oxygen atoms in total. The second kappa shape index (κ2) is 3.58. The van der Waals surface area contributed by atoms with Crippen molar-refractivity contribution in [3.63, 3.8) is 0 Å². The smallest absolute Gasteiger partial charge is 0.0917 e. The van der Waals surface area contributed by atoms with E-state index >= 15 is 0 Å². The van der Waals surface area contributed by atoms with Crippen LogP contribution in [0.1, 0.15) is 0 Å². The Morgan fingerprint density at radius 3 is 2.40 bits per heavy atom. The first-order chi connectivity index (χ1) is 2.41. The molecule has 0 saturated carbocycles. The van der Waals surface area contributed by atoms with Gasteiger partial charge in [-0.15, -0.1) is 0 Å². The van der Waals surface area contributed by atoms with E-state index < -0.39 is 0 Å². The molecule has 0 rings (SSSR count). The molecule has 26 valence electrons. The van der Waals surface area contributed by atoms with Crippen LogP contribution in [0.4, 0.5) is 0 Å². The molecule has 0 aromatic heterocycles. The van der Waals surface area contributed by atoms with Crippen LogP contribution in [0.5, 0.6) is 0 Å². The van der Waals surface area contributed by atoms with E-state index in [2.05, 4.69) is 12.6 Å². The second-order valence-corrected chi connectivity index (χ2v) is 0.743. The fraction of sp³-hybridized carbons (Fsp3) is 0. The third kappa shape index (κ3) is 3.58. The van der Waals surface area contributed by atoms with Gasteiger partial charge in [-0.3, -0.25) is 0 Å². The van der Waals surface area contributed by atoms with Crippen molar-refractivity contribution in [3.8, 4) is 6.07 Å². The van der Waals surface area contributed by atoms with Crippen LogP contribution in [0, 0.1) is 11.3 Å². The lowest BCUT2D eigenvalue weighted by Crippen LogP contribution is -1.31. The molecule has 5 heavy (non-hydrogen) atoms. The summed E-state index contributed by atoms with van der Waals surface area (Å²) in [6.45, 7) is 0. The first-order valence-corrected chi connectivity index (χ1v) is 1.62. The number of nitriles is 1. The molecule has 0 aliphatic rings. The van der Waals surface area contributed by atoms with Gasteiger partial charge in [0.25, 0.3) is 0 Å². The first-order valence-electron chi connectivity index (χ1n) is 1.10. The van der Waals surface area contributed by atoms with Gasteiger partial charge in [0.15, 0.2) is 0 Å². The van der Waals surface area contributed by atoms with E-state index in [0.29, 0.717) is 0 Å². The molecular weight excluding hydrogens is 82.1 g/mol. The van der Waals surface area contributed by atoms with Crippen LogP contribution in [-0.4, -0.2) is 0 Å². The largest absolute Gasteiger partial charge is 0.193 e. The number of rotatable bonds is 0. The van der Waals surface area contributed by atoms with Gasteiger partial charge >= 0.3 is 0 Å². The normalized spacial score (nSPS) is 8.00. The van der Waals surface area contributed by atoms with Gasteiger partial charge in [0.05, 0.1) is 6.07 Å². The number of hydrogen-bond acceptors (Lipinski definition) is 2. The molecule has 0 unspecified atom stereocenters. The summed E-state index contributed by atoms with van der Waals surface area (Å²) in [5, 5.41) is 9.07. The molecule has 0 heterocycles. The highest BCUT2D eigenvalue weighted by Gasteiger charge is 1.46. The zero-order valence-electron chi connectivity index (χ0n) is 2.55. The molecule has 0 fully saturated rings. The summed E-state index contributed by atoms with van der Waals surface area (Å²) in [4.78, 5) is 0. The standard InChI is InChI=1S/C3H3NS/c4-2-1-3-5/h1,3,5H/b3-1+. The number of thiol groups is 1. The second-order valence-electron chi connectivity index (χ2n) is 0.445. The third-order valence-electron chi connectivity index (χ3n) is 0.149. The Labute approximate surface area is 36.3 Å². The Balaban J connectivity index is 3.04. The highest BCUT2D eigenvalue weighted by molar-refractivity contribution is 7.83. The van der Waals surface area contributed by atoms with Crippen LogP contribution < -0.4 is 0 Å². The summed E-state index contributed by atoms with van der Waals surface area (Å²) in [7, 11) is 0. The van der Waals surface area contributed by atoms with Gasteiger partial charge in [-0.25, -0.2) is 0 Å². The molecule has 0 aromatic carbocycles. The molecule has 0 atom stereocenters. The first kappa shape index (κ1) is 4.58. The summed E-state index contributed by atoms with van der Waals surface area (Å²) in [6, 6.07) is 1.76. The van der Waals surface area contributed by atoms with Crippen LogP contribution >= 0.6 is 12.6 Å². The minimum atomic E-state index is 1.29. The van der Waals surface area contributed by atoms with Crippen molar-refractivity contribution < 1.29 is 0 Å². The van der Waals surface area contributed by atoms with E-state index in [1.807, 2.05) is 0 Å². The van der Waals surface area contributed by atoms with Gasteiger partial charge in [-0.05, 0) is 5.41 Å². The predicted molar refractivity (Wildman–Crippen MR) is 23.7 cm³/mol. The Bertz CT molecular complexity index is 69.5. The van der Waals surface area contributed by atoms with Crippen molar-refractivity contribution in [1.29, 1.82) is 5.26 Å². The van der Waals surface area contributed by atoms with Gasteiger partial charge < -0.3 is 0 Å². The van der Waals surface area contributed by atoms with Crippen molar-refractivity contribution in [2.45, 2.75) is 0 Å². The summed E-state index contributed by atoms with van der Waals surface area (Å²) in [5.41, 5.74) is 0. The SMILES string of the molecule is N#C/C=C/S. The van der Waals surface area contributed by atoms with Gasteiger partial charge in [-0.2, -0.15) is 17.9 Å². The number of nitrogens with zero attached hydrogens (tertiary/aromatic N) is 1. The average Bonchev–Trinajstić information content (AvgIpc) is 1.41. The van der Waals surface area contributed by atoms with E-state index in [1.54, 1.807) is 6.07 Å². The lowest BCUT2D eigenvalue weighted by atomic mass is 10.7. The fourth-order valence-electron chi connectivity index (χ4n) is 0.0333. The molecule has 0 saturated heterocycles. The van der Waals surface area contributed by atoms with E-state index in [1.165, 1.54) is 11.5 Å². The average molecular weight is 85.1 g/mol. The van der Waals surface area contributed by atoms with Crippen molar-refractivity contribution in [2.75, 3.05) is 0 Å². The minimum absolute atomic E-state index is 1.29. The number of allylic oxidation sites excluding steroid dienone is 1.